The Kier molecular flexibility index (Phi) is 5.74. The summed E-state index contributed by atoms with van der Waals surface area (Å²) in [5.41, 5.74) is 0. The summed E-state index contributed by atoms with van der Waals surface area (Å²) in [5, 5.41) is 43.1. The highest BCUT2D eigenvalue weighted by atomic mass is 14.4. The monoisotopic (exact) mass is 197 g/mol. The van der Waals surface area contributed by atoms with Crippen LogP contribution in [0.25, 0.3) is 0 Å². The molecule has 0 fully saturated rings. The smallest absolute Gasteiger partial charge is 0.0799 e. The maximum Gasteiger partial charge on any atom is 0.0799 e. The van der Waals surface area contributed by atoms with Crippen molar-refractivity contribution >= 4 is 0 Å². The highest BCUT2D eigenvalue weighted by molar-refractivity contribution is 5.09. The summed E-state index contributed by atoms with van der Waals surface area (Å²) in [4.78, 5) is 0. The molecule has 0 N–H and O–H groups in total. The van der Waals surface area contributed by atoms with Gasteiger partial charge in [0.1, 0.15) is 0 Å². The van der Waals surface area contributed by atoms with Crippen molar-refractivity contribution in [2.24, 2.45) is 17.8 Å². The SMILES string of the molecule is N#CCC(C#N)C(C#N)C(C#N)CC#N. The molecule has 0 heterocycles. The number of nitrogens with zero attached hydrogens (tertiary/aromatic N) is 5. The van der Waals surface area contributed by atoms with Crippen molar-refractivity contribution in [3.8, 4) is 30.3 Å². The molecule has 0 bridgehead atoms. The van der Waals surface area contributed by atoms with Crippen molar-refractivity contribution in [1.82, 2.24) is 0 Å². The number of rotatable bonds is 4. The van der Waals surface area contributed by atoms with Crippen LogP contribution < -0.4 is 0 Å². The van der Waals surface area contributed by atoms with Gasteiger partial charge in [0.05, 0.1) is 60.9 Å². The van der Waals surface area contributed by atoms with E-state index in [9.17, 15) is 0 Å². The van der Waals surface area contributed by atoms with Crippen molar-refractivity contribution < 1.29 is 0 Å². The van der Waals surface area contributed by atoms with Gasteiger partial charge in [-0.2, -0.15) is 26.3 Å². The first kappa shape index (κ1) is 12.4. The maximum absolute atomic E-state index is 8.81. The Labute approximate surface area is 88.0 Å². The predicted molar refractivity (Wildman–Crippen MR) is 47.8 cm³/mol. The van der Waals surface area contributed by atoms with E-state index >= 15 is 0 Å². The normalized spacial score (nSPS) is 14.1. The maximum atomic E-state index is 8.81. The van der Waals surface area contributed by atoms with Gasteiger partial charge in [-0.25, -0.2) is 0 Å². The van der Waals surface area contributed by atoms with Crippen LogP contribution in [0.4, 0.5) is 0 Å². The van der Waals surface area contributed by atoms with Crippen LogP contribution in [0.15, 0.2) is 0 Å². The lowest BCUT2D eigenvalue weighted by molar-refractivity contribution is 0.404. The highest BCUT2D eigenvalue weighted by Gasteiger charge is 2.29. The minimum absolute atomic E-state index is 0.0989. The van der Waals surface area contributed by atoms with E-state index in [1.165, 1.54) is 0 Å². The van der Waals surface area contributed by atoms with E-state index < -0.39 is 17.8 Å². The molecule has 0 aromatic rings. The molecule has 5 nitrogen and oxygen atoms in total. The van der Waals surface area contributed by atoms with E-state index in [0.717, 1.165) is 0 Å². The molecule has 0 spiro atoms. The fourth-order valence-corrected chi connectivity index (χ4v) is 1.16. The van der Waals surface area contributed by atoms with Crippen molar-refractivity contribution in [3.05, 3.63) is 0 Å². The van der Waals surface area contributed by atoms with Gasteiger partial charge in [-0.05, 0) is 0 Å². The molecule has 0 rings (SSSR count). The second-order valence-corrected chi connectivity index (χ2v) is 2.85. The van der Waals surface area contributed by atoms with Gasteiger partial charge < -0.3 is 0 Å². The molecule has 0 aliphatic heterocycles. The molecule has 2 unspecified atom stereocenters. The third-order valence-corrected chi connectivity index (χ3v) is 1.97. The molecule has 15 heavy (non-hydrogen) atoms. The zero-order chi connectivity index (χ0) is 11.7. The molecule has 0 aliphatic rings. The van der Waals surface area contributed by atoms with Gasteiger partial charge in [-0.3, -0.25) is 0 Å². The van der Waals surface area contributed by atoms with E-state index in [0.29, 0.717) is 0 Å². The number of nitriles is 5. The van der Waals surface area contributed by atoms with Crippen LogP contribution in [-0.2, 0) is 0 Å². The first-order valence-electron chi connectivity index (χ1n) is 4.17. The number of hydrogen-bond acceptors (Lipinski definition) is 5. The minimum Gasteiger partial charge on any atom is -0.198 e. The van der Waals surface area contributed by atoms with E-state index in [-0.39, 0.29) is 12.8 Å². The van der Waals surface area contributed by atoms with Crippen molar-refractivity contribution in [2.75, 3.05) is 0 Å². The summed E-state index contributed by atoms with van der Waals surface area (Å²) >= 11 is 0. The molecule has 0 aromatic carbocycles. The van der Waals surface area contributed by atoms with Gasteiger partial charge in [0.25, 0.3) is 0 Å². The van der Waals surface area contributed by atoms with Crippen LogP contribution in [-0.4, -0.2) is 0 Å². The molecule has 0 aromatic heterocycles. The lowest BCUT2D eigenvalue weighted by Gasteiger charge is -2.15. The van der Waals surface area contributed by atoms with Gasteiger partial charge >= 0.3 is 0 Å². The fourth-order valence-electron chi connectivity index (χ4n) is 1.16. The number of hydrogen-bond donors (Lipinski definition) is 0. The van der Waals surface area contributed by atoms with Crippen LogP contribution >= 0.6 is 0 Å². The lowest BCUT2D eigenvalue weighted by Crippen LogP contribution is -2.20. The summed E-state index contributed by atoms with van der Waals surface area (Å²) in [6, 6.07) is 9.05. The topological polar surface area (TPSA) is 119 Å². The van der Waals surface area contributed by atoms with Crippen LogP contribution in [0.2, 0.25) is 0 Å². The van der Waals surface area contributed by atoms with Gasteiger partial charge in [-0.15, -0.1) is 0 Å². The first-order chi connectivity index (χ1) is 7.24. The average molecular weight is 197 g/mol. The zero-order valence-electron chi connectivity index (χ0n) is 7.88. The van der Waals surface area contributed by atoms with Gasteiger partial charge in [0, 0.05) is 0 Å². The van der Waals surface area contributed by atoms with E-state index in [4.69, 9.17) is 26.3 Å². The third-order valence-electron chi connectivity index (χ3n) is 1.97. The molecular formula is C10H7N5. The van der Waals surface area contributed by atoms with Crippen LogP contribution in [0.1, 0.15) is 12.8 Å². The summed E-state index contributed by atoms with van der Waals surface area (Å²) in [6.07, 6.45) is -0.198. The molecule has 72 valence electrons. The summed E-state index contributed by atoms with van der Waals surface area (Å²) < 4.78 is 0. The second kappa shape index (κ2) is 6.91. The highest BCUT2D eigenvalue weighted by Crippen LogP contribution is 2.24. The molecule has 5 heteroatoms. The molecular weight excluding hydrogens is 190 g/mol. The Morgan fingerprint density at radius 1 is 0.667 bits per heavy atom. The molecule has 0 saturated heterocycles. The third kappa shape index (κ3) is 3.36. The van der Waals surface area contributed by atoms with E-state index in [1.807, 2.05) is 18.2 Å². The van der Waals surface area contributed by atoms with Crippen molar-refractivity contribution in [2.45, 2.75) is 12.8 Å². The Morgan fingerprint density at radius 3 is 1.27 bits per heavy atom. The average Bonchev–Trinajstić information content (AvgIpc) is 2.27. The summed E-state index contributed by atoms with van der Waals surface area (Å²) in [5.74, 6) is -2.49. The quantitative estimate of drug-likeness (QED) is 0.671. The molecule has 0 radical (unpaired) electrons. The molecule has 0 saturated carbocycles. The summed E-state index contributed by atoms with van der Waals surface area (Å²) in [7, 11) is 0. The second-order valence-electron chi connectivity index (χ2n) is 2.85. The van der Waals surface area contributed by atoms with Crippen molar-refractivity contribution in [1.29, 1.82) is 26.3 Å². The van der Waals surface area contributed by atoms with E-state index in [1.54, 1.807) is 12.1 Å². The Bertz CT molecular complexity index is 372. The standard InChI is InChI=1S/C10H7N5/c11-3-1-8(5-13)10(7-15)9(6-14)2-4-12/h8-10H,1-2H2. The first-order valence-corrected chi connectivity index (χ1v) is 4.17. The van der Waals surface area contributed by atoms with Crippen LogP contribution in [0.3, 0.4) is 0 Å². The fraction of sp³-hybridized carbons (Fsp3) is 0.500. The van der Waals surface area contributed by atoms with Crippen molar-refractivity contribution in [3.63, 3.8) is 0 Å². The van der Waals surface area contributed by atoms with Gasteiger partial charge in [-0.1, -0.05) is 0 Å². The predicted octanol–water partition coefficient (Wildman–Crippen LogP) is 1.23. The molecule has 0 aliphatic carbocycles. The Morgan fingerprint density at radius 2 is 1.07 bits per heavy atom. The largest absolute Gasteiger partial charge is 0.198 e. The molecule has 0 amide bonds. The van der Waals surface area contributed by atoms with Gasteiger partial charge in [0.15, 0.2) is 0 Å². The Balaban J connectivity index is 4.85. The van der Waals surface area contributed by atoms with Gasteiger partial charge in [0.2, 0.25) is 0 Å². The molecule has 2 atom stereocenters. The zero-order valence-corrected chi connectivity index (χ0v) is 7.88. The van der Waals surface area contributed by atoms with Crippen LogP contribution in [0, 0.1) is 74.4 Å². The van der Waals surface area contributed by atoms with Crippen LogP contribution in [0.5, 0.6) is 0 Å². The lowest BCUT2D eigenvalue weighted by atomic mass is 9.81. The minimum atomic E-state index is -0.876. The summed E-state index contributed by atoms with van der Waals surface area (Å²) in [6.45, 7) is 0. The van der Waals surface area contributed by atoms with E-state index in [2.05, 4.69) is 0 Å². The Hall–Kier alpha value is -2.55.